The van der Waals surface area contributed by atoms with Crippen molar-refractivity contribution in [2.45, 2.75) is 13.0 Å². The first-order valence-corrected chi connectivity index (χ1v) is 11.8. The zero-order valence-electron chi connectivity index (χ0n) is 19.5. The van der Waals surface area contributed by atoms with E-state index < -0.39 is 23.8 Å². The number of carbonyl (C=O) groups is 1. The lowest BCUT2D eigenvalue weighted by Gasteiger charge is -2.11. The predicted molar refractivity (Wildman–Crippen MR) is 136 cm³/mol. The highest BCUT2D eigenvalue weighted by atomic mass is 35.5. The number of alkyl halides is 2. The maximum absolute atomic E-state index is 14.2. The maximum Gasteiger partial charge on any atom is 0.280 e. The van der Waals surface area contributed by atoms with Gasteiger partial charge in [-0.1, -0.05) is 41.4 Å². The normalized spacial score (nSPS) is 11.3. The minimum atomic E-state index is -2.90. The van der Waals surface area contributed by atoms with Crippen LogP contribution in [-0.4, -0.2) is 37.4 Å². The molecule has 0 aliphatic rings. The van der Waals surface area contributed by atoms with Crippen LogP contribution in [0.25, 0.3) is 16.9 Å². The van der Waals surface area contributed by atoms with Gasteiger partial charge in [0, 0.05) is 22.3 Å². The zero-order valence-corrected chi connectivity index (χ0v) is 21.0. The van der Waals surface area contributed by atoms with Crippen molar-refractivity contribution in [3.63, 3.8) is 0 Å². The molecule has 0 aliphatic carbocycles. The van der Waals surface area contributed by atoms with Crippen molar-refractivity contribution in [1.29, 1.82) is 0 Å². The smallest absolute Gasteiger partial charge is 0.280 e. The number of nitrogens with zero attached hydrogens (tertiary/aromatic N) is 5. The lowest BCUT2D eigenvalue weighted by Crippen LogP contribution is -2.14. The van der Waals surface area contributed by atoms with Gasteiger partial charge in [-0.15, -0.1) is 0 Å². The molecule has 0 radical (unpaired) electrons. The number of halogens is 5. The largest absolute Gasteiger partial charge is 0.496 e. The molecule has 0 fully saturated rings. The van der Waals surface area contributed by atoms with Gasteiger partial charge in [0.1, 0.15) is 27.8 Å². The van der Waals surface area contributed by atoms with E-state index in [0.29, 0.717) is 11.3 Å². The van der Waals surface area contributed by atoms with E-state index in [-0.39, 0.29) is 44.9 Å². The van der Waals surface area contributed by atoms with E-state index in [4.69, 9.17) is 27.9 Å². The molecule has 1 amide bonds. The van der Waals surface area contributed by atoms with Crippen LogP contribution in [0.1, 0.15) is 28.0 Å². The minimum Gasteiger partial charge on any atom is -0.496 e. The Morgan fingerprint density at radius 2 is 1.92 bits per heavy atom. The van der Waals surface area contributed by atoms with Gasteiger partial charge >= 0.3 is 0 Å². The third kappa shape index (κ3) is 4.77. The summed E-state index contributed by atoms with van der Waals surface area (Å²) < 4.78 is 49.6. The van der Waals surface area contributed by atoms with Gasteiger partial charge in [-0.25, -0.2) is 22.7 Å². The van der Waals surface area contributed by atoms with E-state index in [1.807, 2.05) is 0 Å². The van der Waals surface area contributed by atoms with Crippen molar-refractivity contribution in [1.82, 2.24) is 24.4 Å². The Morgan fingerprint density at radius 1 is 1.13 bits per heavy atom. The van der Waals surface area contributed by atoms with Gasteiger partial charge in [0.15, 0.2) is 11.5 Å². The number of rotatable bonds is 7. The van der Waals surface area contributed by atoms with Crippen molar-refractivity contribution >= 4 is 40.6 Å². The molecule has 38 heavy (non-hydrogen) atoms. The number of nitrogens with one attached hydrogen (secondary N) is 1. The highest BCUT2D eigenvalue weighted by molar-refractivity contribution is 6.33. The number of methoxy groups -OCH3 is 1. The average Bonchev–Trinajstić information content (AvgIpc) is 3.48. The number of anilines is 1. The lowest BCUT2D eigenvalue weighted by molar-refractivity contribution is 0.102. The highest BCUT2D eigenvalue weighted by Gasteiger charge is 2.23. The van der Waals surface area contributed by atoms with E-state index in [9.17, 15) is 18.0 Å². The molecule has 1 N–H and O–H groups in total. The summed E-state index contributed by atoms with van der Waals surface area (Å²) in [6.45, 7) is -0.0423. The van der Waals surface area contributed by atoms with Crippen LogP contribution in [0.3, 0.4) is 0 Å². The van der Waals surface area contributed by atoms with Crippen LogP contribution in [-0.2, 0) is 6.54 Å². The zero-order chi connectivity index (χ0) is 27.0. The number of hydrogen-bond acceptors (Lipinski definition) is 5. The number of hydrogen-bond donors (Lipinski definition) is 1. The number of fused-ring (bicyclic) bond motifs is 1. The van der Waals surface area contributed by atoms with Gasteiger partial charge in [-0.2, -0.15) is 10.2 Å². The molecule has 5 aromatic rings. The molecule has 5 rings (SSSR count). The summed E-state index contributed by atoms with van der Waals surface area (Å²) in [5.74, 6) is -0.866. The van der Waals surface area contributed by atoms with Crippen LogP contribution >= 0.6 is 23.2 Å². The summed E-state index contributed by atoms with van der Waals surface area (Å²) in [7, 11) is 1.45. The van der Waals surface area contributed by atoms with Crippen molar-refractivity contribution in [2.75, 3.05) is 12.4 Å². The Kier molecular flexibility index (Phi) is 6.96. The first-order valence-electron chi connectivity index (χ1n) is 11.0. The van der Waals surface area contributed by atoms with E-state index in [1.54, 1.807) is 30.3 Å². The Bertz CT molecular complexity index is 1650. The Labute approximate surface area is 223 Å². The monoisotopic (exact) mass is 560 g/mol. The molecule has 0 bridgehead atoms. The number of aromatic nitrogens is 5. The topological polar surface area (TPSA) is 86.3 Å². The van der Waals surface area contributed by atoms with E-state index in [2.05, 4.69) is 20.5 Å². The summed E-state index contributed by atoms with van der Waals surface area (Å²) in [4.78, 5) is 17.6. The fraction of sp³-hybridized carbons (Fsp3) is 0.120. The number of carbonyl (C=O) groups excluding carboxylic acids is 1. The van der Waals surface area contributed by atoms with Gasteiger partial charge in [0.2, 0.25) is 0 Å². The van der Waals surface area contributed by atoms with Gasteiger partial charge in [0.05, 0.1) is 25.5 Å². The Hall–Kier alpha value is -4.09. The quantitative estimate of drug-likeness (QED) is 0.253. The van der Waals surface area contributed by atoms with E-state index >= 15 is 0 Å². The summed E-state index contributed by atoms with van der Waals surface area (Å²) in [6.07, 6.45) is -0.386. The van der Waals surface area contributed by atoms with Gasteiger partial charge in [0.25, 0.3) is 12.3 Å². The molecular formula is C25H17Cl2F3N6O2. The summed E-state index contributed by atoms with van der Waals surface area (Å²) >= 11 is 12.3. The number of ether oxygens (including phenoxy) is 1. The first-order chi connectivity index (χ1) is 18.3. The fourth-order valence-corrected chi connectivity index (χ4v) is 4.30. The second-order valence-electron chi connectivity index (χ2n) is 8.04. The summed E-state index contributed by atoms with van der Waals surface area (Å²) in [5, 5.41) is 11.0. The molecule has 3 aromatic heterocycles. The maximum atomic E-state index is 14.2. The molecule has 0 spiro atoms. The number of benzene rings is 2. The number of para-hydroxylation sites is 1. The molecule has 0 saturated carbocycles. The predicted octanol–water partition coefficient (Wildman–Crippen LogP) is 6.29. The van der Waals surface area contributed by atoms with Crippen molar-refractivity contribution in [3.8, 4) is 17.0 Å². The van der Waals surface area contributed by atoms with Gasteiger partial charge in [-0.05, 0) is 30.3 Å². The third-order valence-electron chi connectivity index (χ3n) is 5.68. The summed E-state index contributed by atoms with van der Waals surface area (Å²) in [5.41, 5.74) is 0.172. The van der Waals surface area contributed by atoms with E-state index in [1.165, 1.54) is 36.2 Å². The highest BCUT2D eigenvalue weighted by Crippen LogP contribution is 2.32. The first kappa shape index (κ1) is 25.6. The van der Waals surface area contributed by atoms with Crippen LogP contribution in [0.4, 0.5) is 19.0 Å². The van der Waals surface area contributed by atoms with E-state index in [0.717, 1.165) is 10.7 Å². The Morgan fingerprint density at radius 3 is 2.66 bits per heavy atom. The minimum absolute atomic E-state index is 0.0292. The molecule has 0 saturated heterocycles. The number of amides is 1. The third-order valence-corrected chi connectivity index (χ3v) is 6.31. The van der Waals surface area contributed by atoms with Crippen molar-refractivity contribution in [3.05, 3.63) is 93.6 Å². The fourth-order valence-electron chi connectivity index (χ4n) is 3.88. The van der Waals surface area contributed by atoms with Crippen LogP contribution < -0.4 is 10.1 Å². The van der Waals surface area contributed by atoms with Crippen LogP contribution in [0.2, 0.25) is 10.0 Å². The summed E-state index contributed by atoms with van der Waals surface area (Å²) in [6, 6.07) is 12.2. The van der Waals surface area contributed by atoms with Crippen LogP contribution in [0, 0.1) is 5.82 Å². The molecule has 194 valence electrons. The van der Waals surface area contributed by atoms with Gasteiger partial charge in [-0.3, -0.25) is 9.48 Å². The molecule has 0 unspecified atom stereocenters. The van der Waals surface area contributed by atoms with Crippen molar-refractivity contribution < 1.29 is 22.7 Å². The van der Waals surface area contributed by atoms with Crippen LogP contribution in [0.15, 0.2) is 60.9 Å². The second-order valence-corrected chi connectivity index (χ2v) is 8.85. The molecule has 3 heterocycles. The molecular weight excluding hydrogens is 544 g/mol. The molecule has 0 atom stereocenters. The SMILES string of the molecule is COc1ccccc1-c1cc(C(F)F)n2ncc(C(=O)Nc3nn(Cc4c(F)cccc4Cl)cc3Cl)c2n1. The van der Waals surface area contributed by atoms with Crippen molar-refractivity contribution in [2.24, 2.45) is 0 Å². The lowest BCUT2D eigenvalue weighted by atomic mass is 10.1. The molecule has 8 nitrogen and oxygen atoms in total. The second kappa shape index (κ2) is 10.3. The van der Waals surface area contributed by atoms with Crippen LogP contribution in [0.5, 0.6) is 5.75 Å². The standard InChI is InChI=1S/C25H17Cl2F3N6O2/c1-38-21-8-3-2-5-13(21)19-9-20(22(29)30)36-24(32-19)14(10-31-36)25(37)33-23-17(27)12-35(34-23)11-15-16(26)6-4-7-18(15)28/h2-10,12,22H,11H2,1H3,(H,33,34,37). The molecule has 13 heteroatoms. The van der Waals surface area contributed by atoms with Gasteiger partial charge < -0.3 is 10.1 Å². The average molecular weight is 561 g/mol. The molecule has 2 aromatic carbocycles. The Balaban J connectivity index is 1.50. The molecule has 0 aliphatic heterocycles.